The summed E-state index contributed by atoms with van der Waals surface area (Å²) in [6.07, 6.45) is 2.46. The number of anilines is 1. The number of carbonyl (C=O) groups excluding carboxylic acids is 2. The van der Waals surface area contributed by atoms with Crippen molar-refractivity contribution in [1.29, 1.82) is 0 Å². The predicted molar refractivity (Wildman–Crippen MR) is 162 cm³/mol. The average Bonchev–Trinajstić information content (AvgIpc) is 3.70. The van der Waals surface area contributed by atoms with Crippen molar-refractivity contribution in [1.82, 2.24) is 19.4 Å². The number of piperazine rings is 1. The quantitative estimate of drug-likeness (QED) is 0.390. The van der Waals surface area contributed by atoms with Gasteiger partial charge in [-0.2, -0.15) is 0 Å². The van der Waals surface area contributed by atoms with Crippen LogP contribution in [0.3, 0.4) is 0 Å². The normalized spacial score (nSPS) is 18.8. The van der Waals surface area contributed by atoms with Crippen LogP contribution in [0, 0.1) is 11.2 Å². The molecule has 2 unspecified atom stereocenters. The number of hydrogen-bond acceptors (Lipinski definition) is 6. The third-order valence-electron chi connectivity index (χ3n) is 9.08. The first-order valence-corrected chi connectivity index (χ1v) is 15.2. The van der Waals surface area contributed by atoms with E-state index < -0.39 is 29.8 Å². The van der Waals surface area contributed by atoms with Gasteiger partial charge in [0.1, 0.15) is 5.82 Å². The molecule has 0 aliphatic carbocycles. The summed E-state index contributed by atoms with van der Waals surface area (Å²) in [7, 11) is 0. The lowest BCUT2D eigenvalue weighted by molar-refractivity contribution is -0.149. The fourth-order valence-corrected chi connectivity index (χ4v) is 6.75. The number of amides is 2. The number of aryl methyl sites for hydroxylation is 1. The summed E-state index contributed by atoms with van der Waals surface area (Å²) in [5.74, 6) is -1.51. The van der Waals surface area contributed by atoms with Crippen molar-refractivity contribution >= 4 is 23.7 Å². The standard InChI is InChI=1S/C33H38FN5O5/c1-5-44-31(41)29(28-26-7-6-12-37(26)19-35-28)39-17-24-23(30(39)40)15-21(16-25(24)34)20-8-10-22(11-9-20)36-13-14-38(32(42)43)27(18-36)33(2,3)4/h8-11,15-16,19,27,29H,5-7,12-14,17-18H2,1-4H3,(H,42,43). The Balaban J connectivity index is 1.26. The summed E-state index contributed by atoms with van der Waals surface area (Å²) in [6.45, 7) is 10.3. The van der Waals surface area contributed by atoms with Crippen LogP contribution in [0.1, 0.15) is 67.5 Å². The Labute approximate surface area is 256 Å². The molecule has 0 saturated carbocycles. The molecule has 3 aromatic rings. The maximum Gasteiger partial charge on any atom is 0.407 e. The summed E-state index contributed by atoms with van der Waals surface area (Å²) >= 11 is 0. The summed E-state index contributed by atoms with van der Waals surface area (Å²) < 4.78 is 23.0. The number of ether oxygens (including phenoxy) is 1. The minimum Gasteiger partial charge on any atom is -0.465 e. The fourth-order valence-electron chi connectivity index (χ4n) is 6.75. The largest absolute Gasteiger partial charge is 0.465 e. The van der Waals surface area contributed by atoms with Crippen LogP contribution >= 0.6 is 0 Å². The van der Waals surface area contributed by atoms with Gasteiger partial charge in [-0.05, 0) is 60.6 Å². The zero-order valence-corrected chi connectivity index (χ0v) is 25.5. The van der Waals surface area contributed by atoms with Gasteiger partial charge in [-0.15, -0.1) is 0 Å². The number of nitrogens with zero attached hydrogens (tertiary/aromatic N) is 5. The Kier molecular flexibility index (Phi) is 7.59. The van der Waals surface area contributed by atoms with E-state index in [1.54, 1.807) is 19.3 Å². The van der Waals surface area contributed by atoms with Gasteiger partial charge in [0.25, 0.3) is 5.91 Å². The molecule has 3 aliphatic heterocycles. The Morgan fingerprint density at radius 2 is 1.86 bits per heavy atom. The van der Waals surface area contributed by atoms with Crippen molar-refractivity contribution in [3.63, 3.8) is 0 Å². The molecule has 0 spiro atoms. The molecule has 6 rings (SSSR count). The lowest BCUT2D eigenvalue weighted by Crippen LogP contribution is -2.59. The number of hydrogen-bond donors (Lipinski definition) is 1. The molecular weight excluding hydrogens is 565 g/mol. The molecular formula is C33H38FN5O5. The number of halogens is 1. The Hall–Kier alpha value is -4.41. The van der Waals surface area contributed by atoms with Crippen molar-refractivity contribution in [3.8, 4) is 11.1 Å². The van der Waals surface area contributed by atoms with Gasteiger partial charge < -0.3 is 29.1 Å². The summed E-state index contributed by atoms with van der Waals surface area (Å²) in [4.78, 5) is 48.4. The second-order valence-corrected chi connectivity index (χ2v) is 12.8. The number of esters is 1. The highest BCUT2D eigenvalue weighted by atomic mass is 19.1. The van der Waals surface area contributed by atoms with E-state index in [0.717, 1.165) is 36.3 Å². The molecule has 2 aromatic carbocycles. The van der Waals surface area contributed by atoms with Gasteiger partial charge in [-0.25, -0.2) is 19.0 Å². The number of rotatable bonds is 6. The zero-order chi connectivity index (χ0) is 31.3. The number of carboxylic acid groups (broad SMARTS) is 1. The first-order valence-electron chi connectivity index (χ1n) is 15.2. The summed E-state index contributed by atoms with van der Waals surface area (Å²) in [5.41, 5.74) is 3.90. The lowest BCUT2D eigenvalue weighted by Gasteiger charge is -2.46. The van der Waals surface area contributed by atoms with Gasteiger partial charge in [0, 0.05) is 48.7 Å². The Morgan fingerprint density at radius 1 is 1.11 bits per heavy atom. The van der Waals surface area contributed by atoms with Crippen LogP contribution in [-0.2, 0) is 29.0 Å². The van der Waals surface area contributed by atoms with E-state index in [1.807, 2.05) is 49.6 Å². The van der Waals surface area contributed by atoms with E-state index >= 15 is 4.39 Å². The highest BCUT2D eigenvalue weighted by Gasteiger charge is 2.43. The van der Waals surface area contributed by atoms with Crippen molar-refractivity contribution < 1.29 is 28.6 Å². The number of benzene rings is 2. The molecule has 2 amide bonds. The predicted octanol–water partition coefficient (Wildman–Crippen LogP) is 5.11. The molecule has 11 heteroatoms. The van der Waals surface area contributed by atoms with Crippen LogP contribution in [0.2, 0.25) is 0 Å². The number of imidazole rings is 1. The number of aromatic nitrogens is 2. The van der Waals surface area contributed by atoms with E-state index in [-0.39, 0.29) is 35.7 Å². The number of fused-ring (bicyclic) bond motifs is 2. The molecule has 2 atom stereocenters. The molecule has 232 valence electrons. The first-order chi connectivity index (χ1) is 21.0. The Bertz CT molecular complexity index is 1610. The molecule has 44 heavy (non-hydrogen) atoms. The third kappa shape index (κ3) is 5.18. The van der Waals surface area contributed by atoms with E-state index in [1.165, 1.54) is 15.9 Å². The van der Waals surface area contributed by atoms with Crippen molar-refractivity contribution in [2.24, 2.45) is 5.41 Å². The fraction of sp³-hybridized carbons (Fsp3) is 0.455. The Morgan fingerprint density at radius 3 is 2.55 bits per heavy atom. The van der Waals surface area contributed by atoms with E-state index in [0.29, 0.717) is 30.9 Å². The van der Waals surface area contributed by atoms with E-state index in [4.69, 9.17) is 4.74 Å². The molecule has 0 radical (unpaired) electrons. The van der Waals surface area contributed by atoms with Crippen LogP contribution < -0.4 is 4.90 Å². The van der Waals surface area contributed by atoms with Crippen LogP contribution in [-0.4, -0.2) is 74.7 Å². The van der Waals surface area contributed by atoms with Gasteiger partial charge in [0.2, 0.25) is 0 Å². The molecule has 0 bridgehead atoms. The number of carbonyl (C=O) groups is 3. The third-order valence-corrected chi connectivity index (χ3v) is 9.08. The molecule has 1 fully saturated rings. The molecule has 1 saturated heterocycles. The van der Waals surface area contributed by atoms with E-state index in [9.17, 15) is 19.5 Å². The molecule has 1 aromatic heterocycles. The SMILES string of the molecule is CCOC(=O)C(c1ncn2c1CCC2)N1Cc2c(F)cc(-c3ccc(N4CCN(C(=O)O)C(C(C)(C)C)C4)cc3)cc2C1=O. The van der Waals surface area contributed by atoms with Gasteiger partial charge in [0.15, 0.2) is 6.04 Å². The van der Waals surface area contributed by atoms with Crippen molar-refractivity contribution in [3.05, 3.63) is 71.1 Å². The molecule has 1 N–H and O–H groups in total. The van der Waals surface area contributed by atoms with Crippen LogP contribution in [0.4, 0.5) is 14.9 Å². The second kappa shape index (κ2) is 11.3. The molecule has 10 nitrogen and oxygen atoms in total. The van der Waals surface area contributed by atoms with Crippen LogP contribution in [0.5, 0.6) is 0 Å². The first kappa shape index (κ1) is 29.7. The monoisotopic (exact) mass is 603 g/mol. The molecule has 4 heterocycles. The topological polar surface area (TPSA) is 108 Å². The second-order valence-electron chi connectivity index (χ2n) is 12.8. The van der Waals surface area contributed by atoms with Crippen LogP contribution in [0.15, 0.2) is 42.7 Å². The van der Waals surface area contributed by atoms with Gasteiger partial charge in [-0.3, -0.25) is 4.79 Å². The van der Waals surface area contributed by atoms with Crippen LogP contribution in [0.25, 0.3) is 11.1 Å². The average molecular weight is 604 g/mol. The van der Waals surface area contributed by atoms with Crippen molar-refractivity contribution in [2.75, 3.05) is 31.1 Å². The van der Waals surface area contributed by atoms with Gasteiger partial charge >= 0.3 is 12.1 Å². The highest BCUT2D eigenvalue weighted by Crippen LogP contribution is 2.38. The van der Waals surface area contributed by atoms with Crippen molar-refractivity contribution in [2.45, 2.75) is 65.7 Å². The summed E-state index contributed by atoms with van der Waals surface area (Å²) in [6, 6.07) is 9.57. The highest BCUT2D eigenvalue weighted by molar-refractivity contribution is 6.02. The zero-order valence-electron chi connectivity index (χ0n) is 25.5. The van der Waals surface area contributed by atoms with Gasteiger partial charge in [0.05, 0.1) is 31.2 Å². The summed E-state index contributed by atoms with van der Waals surface area (Å²) in [5, 5.41) is 9.70. The van der Waals surface area contributed by atoms with Gasteiger partial charge in [-0.1, -0.05) is 32.9 Å². The smallest absolute Gasteiger partial charge is 0.407 e. The lowest BCUT2D eigenvalue weighted by atomic mass is 9.84. The van der Waals surface area contributed by atoms with E-state index in [2.05, 4.69) is 9.88 Å². The minimum atomic E-state index is -1.05. The minimum absolute atomic E-state index is 0.0493. The maximum atomic E-state index is 15.6. The molecule has 3 aliphatic rings. The maximum absolute atomic E-state index is 15.6.